The highest BCUT2D eigenvalue weighted by molar-refractivity contribution is 7.97. The van der Waals surface area contributed by atoms with Crippen molar-refractivity contribution in [2.24, 2.45) is 5.92 Å². The van der Waals surface area contributed by atoms with Crippen LogP contribution in [0.2, 0.25) is 0 Å². The highest BCUT2D eigenvalue weighted by Gasteiger charge is 2.37. The molecule has 0 radical (unpaired) electrons. The minimum Gasteiger partial charge on any atom is -0.741 e. The Labute approximate surface area is 137 Å². The van der Waals surface area contributed by atoms with Crippen LogP contribution in [0.4, 0.5) is 13.2 Å². The summed E-state index contributed by atoms with van der Waals surface area (Å²) in [4.78, 5) is 12.0. The molecule has 2 aliphatic rings. The fraction of sp³-hybridized carbons (Fsp3) is 0.923. The molecule has 1 saturated carbocycles. The lowest BCUT2D eigenvalue weighted by molar-refractivity contribution is -0.121. The summed E-state index contributed by atoms with van der Waals surface area (Å²) in [6.45, 7) is 1.75. The summed E-state index contributed by atoms with van der Waals surface area (Å²) in [6.07, 6.45) is 6.20. The summed E-state index contributed by atoms with van der Waals surface area (Å²) >= 11 is 0. The van der Waals surface area contributed by atoms with E-state index < -0.39 is 15.6 Å². The number of alkyl halides is 3. The van der Waals surface area contributed by atoms with E-state index in [4.69, 9.17) is 17.7 Å². The molecule has 0 spiro atoms. The topological polar surface area (TPSA) is 83.5 Å². The van der Waals surface area contributed by atoms with E-state index in [1.165, 1.54) is 19.3 Å². The molecule has 0 bridgehead atoms. The Hall–Kier alpha value is -0.320. The lowest BCUT2D eigenvalue weighted by atomic mass is 9.87. The zero-order valence-electron chi connectivity index (χ0n) is 12.6. The van der Waals surface area contributed by atoms with E-state index in [0.29, 0.717) is 22.6 Å². The number of ether oxygens (including phenoxy) is 1. The van der Waals surface area contributed by atoms with Crippen molar-refractivity contribution in [1.82, 2.24) is 0 Å². The minimum absolute atomic E-state index is 0.349. The van der Waals surface area contributed by atoms with Crippen molar-refractivity contribution in [2.45, 2.75) is 37.6 Å². The molecule has 136 valence electrons. The summed E-state index contributed by atoms with van der Waals surface area (Å²) in [5.41, 5.74) is -5.65. The molecule has 2 fully saturated rings. The molecule has 5 nitrogen and oxygen atoms in total. The average Bonchev–Trinajstić information content (AvgIpc) is 2.48. The van der Waals surface area contributed by atoms with Gasteiger partial charge in [-0.05, 0) is 23.7 Å². The number of hydrogen-bond donors (Lipinski definition) is 0. The quantitative estimate of drug-likeness (QED) is 0.425. The third-order valence-corrected chi connectivity index (χ3v) is 6.47. The average molecular weight is 378 g/mol. The maximum absolute atomic E-state index is 12.0. The monoisotopic (exact) mass is 378 g/mol. The SMILES string of the molecule is O=C(C[S+]1CCOCC1)C1CCCCC1.O=S(=O)([O-])C(F)(F)F. The number of ketones is 1. The first kappa shape index (κ1) is 20.7. The standard InChI is InChI=1S/C12H21O2S.CHF3O3S/c13-12(11-4-2-1-3-5-11)10-15-8-6-14-7-9-15;2-1(3,4)8(5,6)7/h11H,1-10H2;(H,5,6,7)/q+1;/p-1. The Morgan fingerprint density at radius 2 is 1.61 bits per heavy atom. The molecule has 2 rings (SSSR count). The molecular formula is C13H21F3O5S2. The molecule has 0 aromatic carbocycles. The van der Waals surface area contributed by atoms with Crippen LogP contribution < -0.4 is 0 Å². The van der Waals surface area contributed by atoms with Gasteiger partial charge in [-0.15, -0.1) is 0 Å². The van der Waals surface area contributed by atoms with Gasteiger partial charge in [-0.1, -0.05) is 19.3 Å². The Morgan fingerprint density at radius 3 is 2.04 bits per heavy atom. The van der Waals surface area contributed by atoms with Gasteiger partial charge in [-0.25, -0.2) is 8.42 Å². The third kappa shape index (κ3) is 7.86. The van der Waals surface area contributed by atoms with Crippen LogP contribution >= 0.6 is 0 Å². The molecule has 0 aromatic heterocycles. The molecule has 1 heterocycles. The molecule has 0 unspecified atom stereocenters. The fourth-order valence-corrected chi connectivity index (χ4v) is 4.28. The van der Waals surface area contributed by atoms with E-state index >= 15 is 0 Å². The van der Waals surface area contributed by atoms with Gasteiger partial charge < -0.3 is 9.29 Å². The molecule has 0 N–H and O–H groups in total. The van der Waals surface area contributed by atoms with E-state index in [1.54, 1.807) is 0 Å². The summed E-state index contributed by atoms with van der Waals surface area (Å²) < 4.78 is 64.2. The molecular weight excluding hydrogens is 357 g/mol. The van der Waals surface area contributed by atoms with Crippen molar-refractivity contribution in [3.8, 4) is 0 Å². The van der Waals surface area contributed by atoms with Crippen molar-refractivity contribution in [3.05, 3.63) is 0 Å². The number of carbonyl (C=O) groups excluding carboxylic acids is 1. The number of rotatable bonds is 3. The van der Waals surface area contributed by atoms with Gasteiger partial charge >= 0.3 is 5.51 Å². The predicted molar refractivity (Wildman–Crippen MR) is 80.1 cm³/mol. The first-order chi connectivity index (χ1) is 10.6. The van der Waals surface area contributed by atoms with Gasteiger partial charge in [0.1, 0.15) is 11.5 Å². The van der Waals surface area contributed by atoms with Crippen molar-refractivity contribution >= 4 is 26.8 Å². The van der Waals surface area contributed by atoms with Gasteiger partial charge in [0.2, 0.25) is 0 Å². The van der Waals surface area contributed by atoms with Crippen LogP contribution in [0.15, 0.2) is 0 Å². The van der Waals surface area contributed by atoms with E-state index in [9.17, 15) is 18.0 Å². The van der Waals surface area contributed by atoms with Crippen LogP contribution in [-0.4, -0.2) is 54.7 Å². The molecule has 0 aromatic rings. The largest absolute Gasteiger partial charge is 0.741 e. The molecule has 10 heteroatoms. The van der Waals surface area contributed by atoms with Crippen molar-refractivity contribution in [1.29, 1.82) is 0 Å². The second-order valence-corrected chi connectivity index (χ2v) is 9.18. The molecule has 1 saturated heterocycles. The normalized spacial score (nSPS) is 21.4. The molecule has 23 heavy (non-hydrogen) atoms. The van der Waals surface area contributed by atoms with Gasteiger partial charge in [-0.3, -0.25) is 4.79 Å². The number of hydrogen-bond acceptors (Lipinski definition) is 5. The van der Waals surface area contributed by atoms with Crippen LogP contribution in [0, 0.1) is 5.92 Å². The summed E-state index contributed by atoms with van der Waals surface area (Å²) in [7, 11) is -5.74. The highest BCUT2D eigenvalue weighted by atomic mass is 32.2. The Kier molecular flexibility index (Phi) is 8.32. The zero-order valence-corrected chi connectivity index (χ0v) is 14.3. The van der Waals surface area contributed by atoms with Crippen LogP contribution in [0.3, 0.4) is 0 Å². The van der Waals surface area contributed by atoms with Crippen molar-refractivity contribution in [3.63, 3.8) is 0 Å². The smallest absolute Gasteiger partial charge is 0.485 e. The first-order valence-corrected chi connectivity index (χ1v) is 10.5. The van der Waals surface area contributed by atoms with Crippen molar-refractivity contribution < 1.29 is 35.7 Å². The maximum atomic E-state index is 12.0. The van der Waals surface area contributed by atoms with E-state index in [0.717, 1.165) is 43.3 Å². The van der Waals surface area contributed by atoms with Gasteiger partial charge in [0.25, 0.3) is 0 Å². The van der Waals surface area contributed by atoms with E-state index in [1.807, 2.05) is 0 Å². The number of halogens is 3. The maximum Gasteiger partial charge on any atom is 0.485 e. The van der Waals surface area contributed by atoms with Crippen molar-refractivity contribution in [2.75, 3.05) is 30.5 Å². The Morgan fingerprint density at radius 1 is 1.13 bits per heavy atom. The number of Topliss-reactive ketones (excluding diaryl/α,β-unsaturated/α-hetero) is 1. The van der Waals surface area contributed by atoms with Crippen LogP contribution in [0.25, 0.3) is 0 Å². The van der Waals surface area contributed by atoms with Crippen LogP contribution in [0.1, 0.15) is 32.1 Å². The van der Waals surface area contributed by atoms with Gasteiger partial charge in [-0.2, -0.15) is 13.2 Å². The van der Waals surface area contributed by atoms with Gasteiger partial charge in [0, 0.05) is 5.92 Å². The lowest BCUT2D eigenvalue weighted by Crippen LogP contribution is -2.34. The fourth-order valence-electron chi connectivity index (χ4n) is 2.45. The van der Waals surface area contributed by atoms with Gasteiger partial charge in [0.15, 0.2) is 21.7 Å². The Bertz CT molecular complexity index is 466. The van der Waals surface area contributed by atoms with Crippen LogP contribution in [-0.2, 0) is 30.5 Å². The summed E-state index contributed by atoms with van der Waals surface area (Å²) in [5.74, 6) is 4.07. The number of carbonyl (C=O) groups is 1. The molecule has 1 aliphatic heterocycles. The lowest BCUT2D eigenvalue weighted by Gasteiger charge is -2.21. The summed E-state index contributed by atoms with van der Waals surface area (Å²) in [5, 5.41) is 0. The van der Waals surface area contributed by atoms with E-state index in [-0.39, 0.29) is 0 Å². The third-order valence-electron chi connectivity index (χ3n) is 3.72. The van der Waals surface area contributed by atoms with E-state index in [2.05, 4.69) is 0 Å². The van der Waals surface area contributed by atoms with Gasteiger partial charge in [0.05, 0.1) is 13.2 Å². The summed E-state index contributed by atoms with van der Waals surface area (Å²) in [6, 6.07) is 0. The molecule has 1 aliphatic carbocycles. The first-order valence-electron chi connectivity index (χ1n) is 7.38. The van der Waals surface area contributed by atoms with Crippen LogP contribution in [0.5, 0.6) is 0 Å². The predicted octanol–water partition coefficient (Wildman–Crippen LogP) is 1.84. The molecule has 0 amide bonds. The second kappa shape index (κ2) is 9.24. The zero-order chi connectivity index (χ0) is 17.5. The second-order valence-electron chi connectivity index (χ2n) is 5.48. The minimum atomic E-state index is -6.09. The molecule has 0 atom stereocenters. The Balaban J connectivity index is 0.000000284. The highest BCUT2D eigenvalue weighted by Crippen LogP contribution is 2.25.